The molecule has 2 heterocycles. The van der Waals surface area contributed by atoms with E-state index in [1.165, 1.54) is 0 Å². The molecule has 6 unspecified atom stereocenters. The third-order valence-corrected chi connectivity index (χ3v) is 12.0. The average molecular weight is 1260 g/mol. The first kappa shape index (κ1) is 75.3. The van der Waals surface area contributed by atoms with Gasteiger partial charge in [-0.1, -0.05) is 0 Å². The Labute approximate surface area is 513 Å². The lowest BCUT2D eigenvalue weighted by atomic mass is 9.82. The number of ether oxygens (including phenoxy) is 14. The standard InChI is InChI=1S/C57H94N6O25/c1-28(64)75-27-38-42(77-30(3)66)39(63-52(74)88-57(18,19)20)43(78-31(4)67)47(81-38)83-40-35(60-45(69)37(76-29(2)65)23-24-58-48(70)84-53(6,7)8)25-36(62-51(73)87-56(15,16)17)41(44(40)79-32(5)68)82-46-34(61-50(72)86-55(12,13)14)22-21-33(80-46)26-59-49(71)85-54(9,10)11/h33-44,46-47H,21-27H2,1-20H3,(H,58,70)(H,59,71)(H,60,69)(H,61,72)(H,62,73)(H,63,74)/t33?,34?,35-,36+,37+,38?,39+,40+,41?,42-,43?,44?,46-,47-/m1/s1. The number of esters is 5. The van der Waals surface area contributed by atoms with Gasteiger partial charge in [0.05, 0.1) is 24.2 Å². The van der Waals surface area contributed by atoms with Gasteiger partial charge in [0.25, 0.3) is 5.91 Å². The zero-order valence-corrected chi connectivity index (χ0v) is 54.2. The normalized spacial score (nSPS) is 26.1. The molecule has 6 amide bonds. The van der Waals surface area contributed by atoms with Gasteiger partial charge in [0.15, 0.2) is 37.0 Å². The number of hydrogen-bond acceptors (Lipinski definition) is 25. The first-order chi connectivity index (χ1) is 40.3. The van der Waals surface area contributed by atoms with Crippen molar-refractivity contribution in [2.45, 2.75) is 278 Å². The second kappa shape index (κ2) is 32.0. The second-order valence-electron chi connectivity index (χ2n) is 26.2. The van der Waals surface area contributed by atoms with E-state index in [1.807, 2.05) is 0 Å². The third kappa shape index (κ3) is 28.0. The molecule has 3 aliphatic rings. The summed E-state index contributed by atoms with van der Waals surface area (Å²) in [6.07, 6.45) is -22.3. The minimum Gasteiger partial charge on any atom is -0.463 e. The van der Waals surface area contributed by atoms with Crippen molar-refractivity contribution in [2.75, 3.05) is 19.7 Å². The zero-order valence-electron chi connectivity index (χ0n) is 54.2. The van der Waals surface area contributed by atoms with Gasteiger partial charge in [-0.3, -0.25) is 28.8 Å². The van der Waals surface area contributed by atoms with Crippen molar-refractivity contribution in [3.05, 3.63) is 0 Å². The number of carbonyl (C=O) groups is 11. The fraction of sp³-hybridized carbons (Fsp3) is 0.807. The molecule has 88 heavy (non-hydrogen) atoms. The molecule has 502 valence electrons. The molecule has 14 atom stereocenters. The lowest BCUT2D eigenvalue weighted by molar-refractivity contribution is -0.319. The molecule has 3 rings (SSSR count). The number of alkyl carbamates (subject to hydrolysis) is 5. The number of amides is 6. The van der Waals surface area contributed by atoms with Crippen molar-refractivity contribution in [1.82, 2.24) is 31.9 Å². The van der Waals surface area contributed by atoms with Crippen LogP contribution in [0.2, 0.25) is 0 Å². The summed E-state index contributed by atoms with van der Waals surface area (Å²) in [5.74, 6) is -5.84. The summed E-state index contributed by atoms with van der Waals surface area (Å²) >= 11 is 0. The minimum absolute atomic E-state index is 0.0812. The van der Waals surface area contributed by atoms with E-state index in [4.69, 9.17) is 66.3 Å². The predicted molar refractivity (Wildman–Crippen MR) is 304 cm³/mol. The van der Waals surface area contributed by atoms with Crippen molar-refractivity contribution in [2.24, 2.45) is 0 Å². The van der Waals surface area contributed by atoms with Crippen LogP contribution in [0.4, 0.5) is 24.0 Å². The fourth-order valence-electron chi connectivity index (χ4n) is 9.12. The molecule has 2 saturated heterocycles. The monoisotopic (exact) mass is 1260 g/mol. The lowest BCUT2D eigenvalue weighted by Crippen LogP contribution is -2.71. The number of rotatable bonds is 20. The lowest BCUT2D eigenvalue weighted by Gasteiger charge is -2.50. The van der Waals surface area contributed by atoms with E-state index in [2.05, 4.69) is 31.9 Å². The summed E-state index contributed by atoms with van der Waals surface area (Å²) in [6, 6.07) is -5.89. The number of carbonyl (C=O) groups excluding carboxylic acids is 11. The van der Waals surface area contributed by atoms with Crippen LogP contribution in [-0.4, -0.2) is 200 Å². The van der Waals surface area contributed by atoms with Gasteiger partial charge < -0.3 is 98.2 Å². The van der Waals surface area contributed by atoms with E-state index >= 15 is 0 Å². The number of nitrogens with one attached hydrogen (secondary N) is 6. The highest BCUT2D eigenvalue weighted by molar-refractivity contribution is 5.84. The van der Waals surface area contributed by atoms with Crippen LogP contribution in [0.5, 0.6) is 0 Å². The van der Waals surface area contributed by atoms with Gasteiger partial charge in [0.1, 0.15) is 59.0 Å². The Morgan fingerprint density at radius 3 is 1.35 bits per heavy atom. The molecule has 0 aromatic rings. The topological polar surface area (TPSA) is 389 Å². The highest BCUT2D eigenvalue weighted by Crippen LogP contribution is 2.37. The highest BCUT2D eigenvalue weighted by atomic mass is 16.7. The van der Waals surface area contributed by atoms with E-state index < -0.39 is 193 Å². The van der Waals surface area contributed by atoms with Crippen LogP contribution >= 0.6 is 0 Å². The molecule has 0 aromatic carbocycles. The summed E-state index contributed by atoms with van der Waals surface area (Å²) in [6.45, 7) is 28.1. The van der Waals surface area contributed by atoms with Crippen LogP contribution in [0.3, 0.4) is 0 Å². The van der Waals surface area contributed by atoms with Gasteiger partial charge in [0, 0.05) is 54.1 Å². The Bertz CT molecular complexity index is 2440. The molecular formula is C57H94N6O25. The van der Waals surface area contributed by atoms with Gasteiger partial charge in [-0.15, -0.1) is 0 Å². The Hall–Kier alpha value is -6.99. The minimum atomic E-state index is -2.05. The molecule has 2 aliphatic heterocycles. The SMILES string of the molecule is CC(=O)OCC1O[C@H](O[C@@H]2C(OC(C)=O)C(O[C@H]3OC(CNC(=O)OC(C)(C)C)CCC3NC(=O)OC(C)(C)C)[C@@H](NC(=O)OC(C)(C)C)C[C@H]2NC(=O)[C@H](CCNC(=O)OC(C)(C)C)OC(C)=O)C(OC(C)=O)[C@@H](NC(=O)OC(C)(C)C)[C@@H]1OC(C)=O. The van der Waals surface area contributed by atoms with Gasteiger partial charge in [-0.25, -0.2) is 24.0 Å². The van der Waals surface area contributed by atoms with Crippen molar-refractivity contribution in [3.8, 4) is 0 Å². The van der Waals surface area contributed by atoms with E-state index in [1.54, 1.807) is 104 Å². The van der Waals surface area contributed by atoms with E-state index in [9.17, 15) is 52.7 Å². The smallest absolute Gasteiger partial charge is 0.408 e. The summed E-state index contributed by atoms with van der Waals surface area (Å²) in [5, 5.41) is 16.0. The van der Waals surface area contributed by atoms with Gasteiger partial charge in [-0.2, -0.15) is 0 Å². The molecule has 0 bridgehead atoms. The third-order valence-electron chi connectivity index (χ3n) is 12.0. The van der Waals surface area contributed by atoms with Crippen molar-refractivity contribution < 1.29 is 119 Å². The summed E-state index contributed by atoms with van der Waals surface area (Å²) in [5.41, 5.74) is -5.09. The van der Waals surface area contributed by atoms with Crippen LogP contribution in [0.1, 0.15) is 164 Å². The van der Waals surface area contributed by atoms with Gasteiger partial charge >= 0.3 is 60.3 Å². The molecule has 1 saturated carbocycles. The largest absolute Gasteiger partial charge is 0.463 e. The molecule has 31 nitrogen and oxygen atoms in total. The van der Waals surface area contributed by atoms with Crippen LogP contribution in [0, 0.1) is 0 Å². The molecule has 31 heteroatoms. The Morgan fingerprint density at radius 1 is 0.443 bits per heavy atom. The summed E-state index contributed by atoms with van der Waals surface area (Å²) in [4.78, 5) is 147. The second-order valence-corrected chi connectivity index (χ2v) is 26.2. The summed E-state index contributed by atoms with van der Waals surface area (Å²) in [7, 11) is 0. The predicted octanol–water partition coefficient (Wildman–Crippen LogP) is 4.28. The van der Waals surface area contributed by atoms with Crippen molar-refractivity contribution in [3.63, 3.8) is 0 Å². The molecule has 0 aromatic heterocycles. The van der Waals surface area contributed by atoms with E-state index in [0.29, 0.717) is 0 Å². The average Bonchev–Trinajstić information content (AvgIpc) is 1.62. The first-order valence-corrected chi connectivity index (χ1v) is 28.9. The summed E-state index contributed by atoms with van der Waals surface area (Å²) < 4.78 is 82.8. The maximum atomic E-state index is 14.8. The highest BCUT2D eigenvalue weighted by Gasteiger charge is 2.57. The quantitative estimate of drug-likeness (QED) is 0.0731. The molecule has 6 N–H and O–H groups in total. The van der Waals surface area contributed by atoms with Crippen molar-refractivity contribution in [1.29, 1.82) is 0 Å². The molecule has 0 radical (unpaired) electrons. The fourth-order valence-corrected chi connectivity index (χ4v) is 9.12. The molecule has 1 aliphatic carbocycles. The number of hydrogen-bond donors (Lipinski definition) is 6. The van der Waals surface area contributed by atoms with Crippen LogP contribution in [-0.2, 0) is 95.1 Å². The Morgan fingerprint density at radius 2 is 0.875 bits per heavy atom. The van der Waals surface area contributed by atoms with Gasteiger partial charge in [-0.05, 0) is 123 Å². The maximum Gasteiger partial charge on any atom is 0.408 e. The van der Waals surface area contributed by atoms with Crippen LogP contribution in [0.15, 0.2) is 0 Å². The Kier molecular flexibility index (Phi) is 27.3. The van der Waals surface area contributed by atoms with Gasteiger partial charge in [0.2, 0.25) is 0 Å². The zero-order chi connectivity index (χ0) is 67.0. The van der Waals surface area contributed by atoms with E-state index in [-0.39, 0.29) is 32.4 Å². The molecular weight excluding hydrogens is 1170 g/mol. The van der Waals surface area contributed by atoms with E-state index in [0.717, 1.165) is 34.6 Å². The molecule has 0 spiro atoms. The molecule has 3 fully saturated rings. The van der Waals surface area contributed by atoms with Crippen LogP contribution < -0.4 is 31.9 Å². The van der Waals surface area contributed by atoms with Crippen molar-refractivity contribution >= 4 is 66.2 Å². The Balaban J connectivity index is 2.47. The van der Waals surface area contributed by atoms with Crippen LogP contribution in [0.25, 0.3) is 0 Å². The first-order valence-electron chi connectivity index (χ1n) is 28.9. The maximum absolute atomic E-state index is 14.8.